The van der Waals surface area contributed by atoms with Gasteiger partial charge in [0.15, 0.2) is 0 Å². The summed E-state index contributed by atoms with van der Waals surface area (Å²) in [6, 6.07) is 1.36. The van der Waals surface area contributed by atoms with Gasteiger partial charge in [0.25, 0.3) is 0 Å². The van der Waals surface area contributed by atoms with Gasteiger partial charge in [0.05, 0.1) is 24.1 Å². The molecule has 0 aromatic carbocycles. The van der Waals surface area contributed by atoms with Crippen molar-refractivity contribution in [2.45, 2.75) is 19.5 Å². The molecule has 0 bridgehead atoms. The molecule has 20 heavy (non-hydrogen) atoms. The summed E-state index contributed by atoms with van der Waals surface area (Å²) in [5, 5.41) is 21.7. The third kappa shape index (κ3) is 3.14. The van der Waals surface area contributed by atoms with Gasteiger partial charge in [-0.2, -0.15) is 0 Å². The van der Waals surface area contributed by atoms with E-state index in [1.807, 2.05) is 11.8 Å². The third-order valence-corrected chi connectivity index (χ3v) is 4.38. The highest BCUT2D eigenvalue weighted by Crippen LogP contribution is 2.26. The fraction of sp³-hybridized carbons (Fsp3) is 0.583. The molecule has 0 aliphatic carbocycles. The van der Waals surface area contributed by atoms with Gasteiger partial charge < -0.3 is 9.84 Å². The molecule has 2 rings (SSSR count). The first kappa shape index (κ1) is 14.9. The number of nitro groups is 1. The van der Waals surface area contributed by atoms with Crippen molar-refractivity contribution in [1.82, 2.24) is 4.90 Å². The van der Waals surface area contributed by atoms with Crippen LogP contribution in [-0.2, 0) is 16.1 Å². The molecule has 1 fully saturated rings. The van der Waals surface area contributed by atoms with E-state index in [2.05, 4.69) is 0 Å². The zero-order chi connectivity index (χ0) is 14.7. The lowest BCUT2D eigenvalue weighted by Crippen LogP contribution is -2.42. The Kier molecular flexibility index (Phi) is 4.69. The van der Waals surface area contributed by atoms with Crippen molar-refractivity contribution in [2.75, 3.05) is 19.8 Å². The largest absolute Gasteiger partial charge is 0.481 e. The Bertz CT molecular complexity index is 504. The maximum Gasteiger partial charge on any atom is 0.324 e. The molecule has 0 amide bonds. The van der Waals surface area contributed by atoms with Crippen LogP contribution in [0.3, 0.4) is 0 Å². The van der Waals surface area contributed by atoms with Crippen molar-refractivity contribution < 1.29 is 19.6 Å². The number of ether oxygens (including phenoxy) is 1. The Morgan fingerprint density at radius 2 is 2.40 bits per heavy atom. The molecular formula is C12H16N2O5S. The van der Waals surface area contributed by atoms with Gasteiger partial charge in [0.1, 0.15) is 0 Å². The van der Waals surface area contributed by atoms with Gasteiger partial charge in [-0.3, -0.25) is 19.8 Å². The average molecular weight is 300 g/mol. The number of carboxylic acid groups (broad SMARTS) is 1. The van der Waals surface area contributed by atoms with E-state index in [1.54, 1.807) is 11.4 Å². The van der Waals surface area contributed by atoms with Gasteiger partial charge in [-0.25, -0.2) is 0 Å². The van der Waals surface area contributed by atoms with Crippen LogP contribution in [0.25, 0.3) is 0 Å². The summed E-state index contributed by atoms with van der Waals surface area (Å²) < 4.78 is 5.27. The van der Waals surface area contributed by atoms with Crippen LogP contribution in [-0.4, -0.2) is 46.7 Å². The second kappa shape index (κ2) is 6.29. The smallest absolute Gasteiger partial charge is 0.324 e. The summed E-state index contributed by atoms with van der Waals surface area (Å²) in [4.78, 5) is 23.4. The Balaban J connectivity index is 2.08. The molecule has 1 N–H and O–H groups in total. The number of thiophene rings is 1. The maximum absolute atomic E-state index is 11.2. The van der Waals surface area contributed by atoms with Crippen LogP contribution in [0.5, 0.6) is 0 Å². The fourth-order valence-electron chi connectivity index (χ4n) is 2.38. The van der Waals surface area contributed by atoms with Crippen LogP contribution in [0.15, 0.2) is 11.4 Å². The SMILES string of the molecule is CCN(Cc1csc([N+](=O)[O-])c1)C1COCC1C(=O)O. The Labute approximate surface area is 119 Å². The van der Waals surface area contributed by atoms with Gasteiger partial charge in [0, 0.05) is 24.0 Å². The lowest BCUT2D eigenvalue weighted by atomic mass is 10.0. The van der Waals surface area contributed by atoms with Crippen LogP contribution in [0.2, 0.25) is 0 Å². The summed E-state index contributed by atoms with van der Waals surface area (Å²) in [5.41, 5.74) is 0.833. The first-order valence-corrected chi connectivity index (χ1v) is 7.17. The molecule has 1 aromatic rings. The molecule has 0 saturated carbocycles. The number of aliphatic carboxylic acids is 1. The first-order chi connectivity index (χ1) is 9.52. The van der Waals surface area contributed by atoms with Crippen molar-refractivity contribution in [2.24, 2.45) is 5.92 Å². The van der Waals surface area contributed by atoms with Gasteiger partial charge >= 0.3 is 11.0 Å². The first-order valence-electron chi connectivity index (χ1n) is 6.29. The van der Waals surface area contributed by atoms with Crippen molar-refractivity contribution in [3.8, 4) is 0 Å². The number of rotatable bonds is 6. The molecule has 2 heterocycles. The monoisotopic (exact) mass is 300 g/mol. The zero-order valence-electron chi connectivity index (χ0n) is 11.0. The van der Waals surface area contributed by atoms with E-state index in [9.17, 15) is 20.0 Å². The molecule has 1 aliphatic heterocycles. The van der Waals surface area contributed by atoms with E-state index in [1.165, 1.54) is 0 Å². The standard InChI is InChI=1S/C12H16N2O5S/c1-2-13(10-6-19-5-9(10)12(15)16)4-8-3-11(14(17)18)20-7-8/h3,7,9-10H,2,4-6H2,1H3,(H,15,16). The summed E-state index contributed by atoms with van der Waals surface area (Å²) in [5.74, 6) is -1.40. The molecule has 1 saturated heterocycles. The van der Waals surface area contributed by atoms with Crippen molar-refractivity contribution >= 4 is 22.3 Å². The van der Waals surface area contributed by atoms with E-state index in [-0.39, 0.29) is 17.6 Å². The van der Waals surface area contributed by atoms with E-state index >= 15 is 0 Å². The number of nitrogens with zero attached hydrogens (tertiary/aromatic N) is 2. The van der Waals surface area contributed by atoms with Gasteiger partial charge in [-0.05, 0) is 12.1 Å². The van der Waals surface area contributed by atoms with E-state index in [4.69, 9.17) is 4.74 Å². The van der Waals surface area contributed by atoms with Crippen LogP contribution in [0.4, 0.5) is 5.00 Å². The second-order valence-electron chi connectivity index (χ2n) is 4.66. The van der Waals surface area contributed by atoms with E-state index < -0.39 is 16.8 Å². The second-order valence-corrected chi connectivity index (χ2v) is 5.55. The highest BCUT2D eigenvalue weighted by Gasteiger charge is 2.37. The van der Waals surface area contributed by atoms with Gasteiger partial charge in [-0.15, -0.1) is 0 Å². The highest BCUT2D eigenvalue weighted by atomic mass is 32.1. The number of hydrogen-bond donors (Lipinski definition) is 1. The molecule has 2 atom stereocenters. The van der Waals surface area contributed by atoms with Crippen LogP contribution in [0, 0.1) is 16.0 Å². The summed E-state index contributed by atoms with van der Waals surface area (Å²) >= 11 is 1.09. The quantitative estimate of drug-likeness (QED) is 0.633. The maximum atomic E-state index is 11.2. The van der Waals surface area contributed by atoms with Crippen molar-refractivity contribution in [3.63, 3.8) is 0 Å². The lowest BCUT2D eigenvalue weighted by Gasteiger charge is -2.28. The molecule has 0 spiro atoms. The minimum absolute atomic E-state index is 0.105. The van der Waals surface area contributed by atoms with Crippen molar-refractivity contribution in [3.05, 3.63) is 27.1 Å². The molecular weight excluding hydrogens is 284 g/mol. The Morgan fingerprint density at radius 1 is 1.65 bits per heavy atom. The van der Waals surface area contributed by atoms with Crippen LogP contribution < -0.4 is 0 Å². The molecule has 1 aliphatic rings. The van der Waals surface area contributed by atoms with Crippen LogP contribution >= 0.6 is 11.3 Å². The highest BCUT2D eigenvalue weighted by molar-refractivity contribution is 7.13. The minimum Gasteiger partial charge on any atom is -0.481 e. The zero-order valence-corrected chi connectivity index (χ0v) is 11.8. The summed E-state index contributed by atoms with van der Waals surface area (Å²) in [6.07, 6.45) is 0. The topological polar surface area (TPSA) is 92.9 Å². The van der Waals surface area contributed by atoms with Gasteiger partial charge in [0.2, 0.25) is 0 Å². The molecule has 1 aromatic heterocycles. The molecule has 0 radical (unpaired) electrons. The van der Waals surface area contributed by atoms with E-state index in [0.29, 0.717) is 19.7 Å². The molecule has 7 nitrogen and oxygen atoms in total. The summed E-state index contributed by atoms with van der Waals surface area (Å²) in [7, 11) is 0. The lowest BCUT2D eigenvalue weighted by molar-refractivity contribution is -0.380. The Hall–Kier alpha value is -1.51. The normalized spacial score (nSPS) is 22.3. The molecule has 110 valence electrons. The molecule has 2 unspecified atom stereocenters. The minimum atomic E-state index is -0.859. The van der Waals surface area contributed by atoms with E-state index in [0.717, 1.165) is 16.9 Å². The number of likely N-dealkylation sites (N-methyl/N-ethyl adjacent to an activating group) is 1. The van der Waals surface area contributed by atoms with Gasteiger partial charge in [-0.1, -0.05) is 18.3 Å². The predicted molar refractivity (Wildman–Crippen MR) is 72.8 cm³/mol. The number of carboxylic acids is 1. The fourth-order valence-corrected chi connectivity index (χ4v) is 3.10. The summed E-state index contributed by atoms with van der Waals surface area (Å²) in [6.45, 7) is 3.72. The number of hydrogen-bond acceptors (Lipinski definition) is 6. The predicted octanol–water partition coefficient (Wildman–Crippen LogP) is 1.58. The molecule has 8 heteroatoms. The Morgan fingerprint density at radius 3 is 2.95 bits per heavy atom. The van der Waals surface area contributed by atoms with Crippen LogP contribution in [0.1, 0.15) is 12.5 Å². The third-order valence-electron chi connectivity index (χ3n) is 3.45. The number of carbonyl (C=O) groups is 1. The average Bonchev–Trinajstić information content (AvgIpc) is 3.04. The van der Waals surface area contributed by atoms with Crippen molar-refractivity contribution in [1.29, 1.82) is 0 Å².